The summed E-state index contributed by atoms with van der Waals surface area (Å²) in [6.07, 6.45) is -0.616. The number of hydrogen-bond acceptors (Lipinski definition) is 6. The van der Waals surface area contributed by atoms with Gasteiger partial charge in [-0.2, -0.15) is 0 Å². The molecule has 1 N–H and O–H groups in total. The monoisotopic (exact) mass is 396 g/mol. The highest BCUT2D eigenvalue weighted by atomic mass is 32.2. The number of carbonyl (C=O) groups excluding carboxylic acids is 3. The molecular formula is C18H24N2O6S. The Kier molecular flexibility index (Phi) is 6.59. The van der Waals surface area contributed by atoms with Gasteiger partial charge in [0.25, 0.3) is 5.91 Å². The topological polar surface area (TPSA) is 110 Å². The zero-order chi connectivity index (χ0) is 20.2. The molecule has 0 aliphatic carbocycles. The Balaban J connectivity index is 1.87. The molecular weight excluding hydrogens is 372 g/mol. The van der Waals surface area contributed by atoms with Crippen LogP contribution in [-0.4, -0.2) is 61.8 Å². The molecule has 1 saturated heterocycles. The molecule has 1 aromatic rings. The van der Waals surface area contributed by atoms with E-state index in [0.29, 0.717) is 17.7 Å². The molecule has 2 rings (SSSR count). The highest BCUT2D eigenvalue weighted by Crippen LogP contribution is 2.18. The van der Waals surface area contributed by atoms with Crippen molar-refractivity contribution in [3.05, 3.63) is 29.8 Å². The molecule has 0 spiro atoms. The van der Waals surface area contributed by atoms with E-state index in [0.717, 1.165) is 0 Å². The van der Waals surface area contributed by atoms with Crippen LogP contribution in [0.5, 0.6) is 0 Å². The molecule has 0 saturated carbocycles. The van der Waals surface area contributed by atoms with Crippen molar-refractivity contribution >= 4 is 33.3 Å². The Morgan fingerprint density at radius 3 is 2.41 bits per heavy atom. The molecule has 0 unspecified atom stereocenters. The lowest BCUT2D eigenvalue weighted by atomic mass is 10.1. The first-order chi connectivity index (χ1) is 12.6. The molecule has 0 radical (unpaired) electrons. The summed E-state index contributed by atoms with van der Waals surface area (Å²) >= 11 is 0. The normalized spacial score (nSPS) is 19.1. The number of ether oxygens (including phenoxy) is 1. The zero-order valence-corrected chi connectivity index (χ0v) is 16.4. The summed E-state index contributed by atoms with van der Waals surface area (Å²) in [7, 11) is -1.58. The molecule has 1 aliphatic rings. The minimum atomic E-state index is -3.10. The van der Waals surface area contributed by atoms with Crippen molar-refractivity contribution in [3.63, 3.8) is 0 Å². The van der Waals surface area contributed by atoms with Crippen LogP contribution in [0.25, 0.3) is 0 Å². The third kappa shape index (κ3) is 6.06. The van der Waals surface area contributed by atoms with Crippen LogP contribution in [0.4, 0.5) is 5.69 Å². The zero-order valence-electron chi connectivity index (χ0n) is 15.6. The first kappa shape index (κ1) is 20.9. The van der Waals surface area contributed by atoms with Gasteiger partial charge in [0.2, 0.25) is 5.91 Å². The summed E-state index contributed by atoms with van der Waals surface area (Å²) in [6, 6.07) is 6.34. The Labute approximate surface area is 158 Å². The second kappa shape index (κ2) is 8.51. The standard InChI is InChI=1S/C18H24N2O6S/c1-12(18(23)20(3)16-8-9-27(24,25)11-16)26-17(22)10-14-4-6-15(7-5-14)19-13(2)21/h4-7,12,16H,8-11H2,1-3H3,(H,19,21)/t12-,16+/m1/s1. The van der Waals surface area contributed by atoms with Gasteiger partial charge < -0.3 is 15.0 Å². The lowest BCUT2D eigenvalue weighted by Crippen LogP contribution is -2.44. The number of carbonyl (C=O) groups is 3. The van der Waals surface area contributed by atoms with Gasteiger partial charge in [-0.25, -0.2) is 8.42 Å². The fraction of sp³-hybridized carbons (Fsp3) is 0.500. The van der Waals surface area contributed by atoms with Gasteiger partial charge in [-0.05, 0) is 31.0 Å². The van der Waals surface area contributed by atoms with E-state index in [1.165, 1.54) is 25.8 Å². The van der Waals surface area contributed by atoms with Crippen molar-refractivity contribution in [2.75, 3.05) is 23.9 Å². The molecule has 1 heterocycles. The molecule has 1 fully saturated rings. The molecule has 1 aromatic carbocycles. The molecule has 2 amide bonds. The Bertz CT molecular complexity index is 819. The number of sulfone groups is 1. The van der Waals surface area contributed by atoms with Crippen molar-refractivity contribution in [1.29, 1.82) is 0 Å². The molecule has 148 valence electrons. The van der Waals surface area contributed by atoms with Crippen LogP contribution in [0.1, 0.15) is 25.8 Å². The van der Waals surface area contributed by atoms with Crippen molar-refractivity contribution in [2.45, 2.75) is 38.8 Å². The van der Waals surface area contributed by atoms with Gasteiger partial charge in [0.05, 0.1) is 17.9 Å². The van der Waals surface area contributed by atoms with Crippen LogP contribution in [-0.2, 0) is 35.4 Å². The summed E-state index contributed by atoms with van der Waals surface area (Å²) in [5, 5.41) is 2.63. The van der Waals surface area contributed by atoms with Gasteiger partial charge in [-0.3, -0.25) is 14.4 Å². The predicted octanol–water partition coefficient (Wildman–Crippen LogP) is 0.765. The van der Waals surface area contributed by atoms with E-state index >= 15 is 0 Å². The Morgan fingerprint density at radius 1 is 1.26 bits per heavy atom. The van der Waals surface area contributed by atoms with Crippen LogP contribution in [0.2, 0.25) is 0 Å². The number of amides is 2. The number of benzene rings is 1. The van der Waals surface area contributed by atoms with Gasteiger partial charge >= 0.3 is 5.97 Å². The van der Waals surface area contributed by atoms with Crippen molar-refractivity contribution < 1.29 is 27.5 Å². The van der Waals surface area contributed by atoms with E-state index in [1.54, 1.807) is 24.3 Å². The minimum absolute atomic E-state index is 0.0144. The fourth-order valence-corrected chi connectivity index (χ4v) is 4.69. The molecule has 2 atom stereocenters. The smallest absolute Gasteiger partial charge is 0.311 e. The average molecular weight is 396 g/mol. The van der Waals surface area contributed by atoms with Gasteiger partial charge in [0, 0.05) is 25.7 Å². The van der Waals surface area contributed by atoms with E-state index in [1.807, 2.05) is 0 Å². The van der Waals surface area contributed by atoms with E-state index in [9.17, 15) is 22.8 Å². The number of nitrogens with one attached hydrogen (secondary N) is 1. The van der Waals surface area contributed by atoms with Crippen LogP contribution in [0.3, 0.4) is 0 Å². The van der Waals surface area contributed by atoms with Crippen molar-refractivity contribution in [3.8, 4) is 0 Å². The molecule has 0 bridgehead atoms. The minimum Gasteiger partial charge on any atom is -0.452 e. The fourth-order valence-electron chi connectivity index (χ4n) is 2.91. The summed E-state index contributed by atoms with van der Waals surface area (Å²) < 4.78 is 28.3. The molecule has 1 aliphatic heterocycles. The highest BCUT2D eigenvalue weighted by molar-refractivity contribution is 7.91. The average Bonchev–Trinajstić information content (AvgIpc) is 2.94. The molecule has 8 nitrogen and oxygen atoms in total. The van der Waals surface area contributed by atoms with E-state index in [-0.39, 0.29) is 29.9 Å². The highest BCUT2D eigenvalue weighted by Gasteiger charge is 2.34. The van der Waals surface area contributed by atoms with Gasteiger partial charge in [-0.1, -0.05) is 12.1 Å². The lowest BCUT2D eigenvalue weighted by molar-refractivity contribution is -0.158. The largest absolute Gasteiger partial charge is 0.452 e. The lowest BCUT2D eigenvalue weighted by Gasteiger charge is -2.26. The maximum absolute atomic E-state index is 12.4. The second-order valence-electron chi connectivity index (χ2n) is 6.69. The van der Waals surface area contributed by atoms with E-state index in [2.05, 4.69) is 5.32 Å². The van der Waals surface area contributed by atoms with Crippen LogP contribution >= 0.6 is 0 Å². The molecule has 9 heteroatoms. The molecule has 27 heavy (non-hydrogen) atoms. The predicted molar refractivity (Wildman–Crippen MR) is 99.8 cm³/mol. The van der Waals surface area contributed by atoms with Gasteiger partial charge in [0.15, 0.2) is 15.9 Å². The summed E-state index contributed by atoms with van der Waals surface area (Å²) in [4.78, 5) is 36.8. The summed E-state index contributed by atoms with van der Waals surface area (Å²) in [5.74, 6) is -1.16. The van der Waals surface area contributed by atoms with Crippen LogP contribution in [0, 0.1) is 0 Å². The first-order valence-electron chi connectivity index (χ1n) is 8.60. The quantitative estimate of drug-likeness (QED) is 0.711. The maximum Gasteiger partial charge on any atom is 0.311 e. The van der Waals surface area contributed by atoms with E-state index < -0.39 is 27.8 Å². The van der Waals surface area contributed by atoms with Crippen LogP contribution in [0.15, 0.2) is 24.3 Å². The number of anilines is 1. The molecule has 0 aromatic heterocycles. The van der Waals surface area contributed by atoms with Gasteiger partial charge in [0.1, 0.15) is 0 Å². The van der Waals surface area contributed by atoms with Gasteiger partial charge in [-0.15, -0.1) is 0 Å². The summed E-state index contributed by atoms with van der Waals surface area (Å²) in [5.41, 5.74) is 1.31. The number of rotatable bonds is 6. The Hall–Kier alpha value is -2.42. The van der Waals surface area contributed by atoms with E-state index in [4.69, 9.17) is 4.74 Å². The maximum atomic E-state index is 12.4. The number of nitrogens with zero attached hydrogens (tertiary/aromatic N) is 1. The number of hydrogen-bond donors (Lipinski definition) is 1. The summed E-state index contributed by atoms with van der Waals surface area (Å²) in [6.45, 7) is 2.88. The second-order valence-corrected chi connectivity index (χ2v) is 8.92. The van der Waals surface area contributed by atoms with Crippen molar-refractivity contribution in [2.24, 2.45) is 0 Å². The third-order valence-corrected chi connectivity index (χ3v) is 6.13. The van der Waals surface area contributed by atoms with Crippen molar-refractivity contribution in [1.82, 2.24) is 4.90 Å². The third-order valence-electron chi connectivity index (χ3n) is 4.38. The van der Waals surface area contributed by atoms with Crippen LogP contribution < -0.4 is 5.32 Å². The first-order valence-corrected chi connectivity index (χ1v) is 10.4. The number of esters is 1. The Morgan fingerprint density at radius 2 is 1.89 bits per heavy atom. The SMILES string of the molecule is CC(=O)Nc1ccc(CC(=O)O[C@H](C)C(=O)N(C)[C@H]2CCS(=O)(=O)C2)cc1. The number of likely N-dealkylation sites (N-methyl/N-ethyl adjacent to an activating group) is 1.